The lowest BCUT2D eigenvalue weighted by atomic mass is 10.0. The summed E-state index contributed by atoms with van der Waals surface area (Å²) in [6.45, 7) is 1.91. The number of carbonyl (C=O) groups excluding carboxylic acids is 1. The van der Waals surface area contributed by atoms with Crippen LogP contribution in [-0.2, 0) is 10.3 Å². The molecule has 1 aromatic carbocycles. The normalized spacial score (nSPS) is 26.9. The SMILES string of the molecule is O=C1CCC(NC2(c3cccc(Cl)c3)CC2)CCN1CC1CC1. The molecule has 1 saturated heterocycles. The minimum atomic E-state index is 0.101. The first-order valence-corrected chi connectivity index (χ1v) is 9.34. The van der Waals surface area contributed by atoms with Gasteiger partial charge in [-0.1, -0.05) is 23.7 Å². The van der Waals surface area contributed by atoms with Crippen LogP contribution in [0.3, 0.4) is 0 Å². The predicted molar refractivity (Wildman–Crippen MR) is 92.4 cm³/mol. The highest BCUT2D eigenvalue weighted by Gasteiger charge is 2.45. The van der Waals surface area contributed by atoms with Crippen LogP contribution >= 0.6 is 11.6 Å². The van der Waals surface area contributed by atoms with Crippen LogP contribution in [0.2, 0.25) is 5.02 Å². The van der Waals surface area contributed by atoms with Crippen LogP contribution in [-0.4, -0.2) is 29.9 Å². The number of nitrogens with zero attached hydrogens (tertiary/aromatic N) is 1. The van der Waals surface area contributed by atoms with Crippen LogP contribution in [0.5, 0.6) is 0 Å². The van der Waals surface area contributed by atoms with Gasteiger partial charge in [-0.25, -0.2) is 0 Å². The maximum atomic E-state index is 12.3. The zero-order valence-corrected chi connectivity index (χ0v) is 14.3. The average molecular weight is 333 g/mol. The van der Waals surface area contributed by atoms with Gasteiger partial charge in [0.15, 0.2) is 0 Å². The molecule has 4 rings (SSSR count). The van der Waals surface area contributed by atoms with Gasteiger partial charge in [0.25, 0.3) is 0 Å². The first kappa shape index (κ1) is 15.5. The smallest absolute Gasteiger partial charge is 0.222 e. The van der Waals surface area contributed by atoms with Crippen LogP contribution in [0.25, 0.3) is 0 Å². The highest BCUT2D eigenvalue weighted by atomic mass is 35.5. The summed E-state index contributed by atoms with van der Waals surface area (Å²) >= 11 is 6.16. The highest BCUT2D eigenvalue weighted by molar-refractivity contribution is 6.30. The van der Waals surface area contributed by atoms with E-state index in [9.17, 15) is 4.79 Å². The molecule has 1 aromatic rings. The molecule has 3 nitrogen and oxygen atoms in total. The quantitative estimate of drug-likeness (QED) is 0.891. The Morgan fingerprint density at radius 1 is 1.22 bits per heavy atom. The molecule has 23 heavy (non-hydrogen) atoms. The van der Waals surface area contributed by atoms with E-state index in [0.717, 1.165) is 36.9 Å². The molecular formula is C19H25ClN2O. The third kappa shape index (κ3) is 3.56. The first-order chi connectivity index (χ1) is 11.1. The molecule has 3 fully saturated rings. The van der Waals surface area contributed by atoms with Crippen molar-refractivity contribution in [3.05, 3.63) is 34.9 Å². The van der Waals surface area contributed by atoms with Gasteiger partial charge in [0, 0.05) is 36.1 Å². The van der Waals surface area contributed by atoms with Gasteiger partial charge >= 0.3 is 0 Å². The van der Waals surface area contributed by atoms with Crippen LogP contribution in [0.15, 0.2) is 24.3 Å². The lowest BCUT2D eigenvalue weighted by Gasteiger charge is -2.25. The number of likely N-dealkylation sites (tertiary alicyclic amines) is 1. The fraction of sp³-hybridized carbons (Fsp3) is 0.632. The van der Waals surface area contributed by atoms with Crippen molar-refractivity contribution in [2.24, 2.45) is 5.92 Å². The largest absolute Gasteiger partial charge is 0.342 e. The van der Waals surface area contributed by atoms with Gasteiger partial charge < -0.3 is 10.2 Å². The van der Waals surface area contributed by atoms with Crippen molar-refractivity contribution < 1.29 is 4.79 Å². The summed E-state index contributed by atoms with van der Waals surface area (Å²) in [5, 5.41) is 4.67. The Labute approximate surface area is 143 Å². The Hall–Kier alpha value is -1.06. The minimum Gasteiger partial charge on any atom is -0.342 e. The molecule has 0 aromatic heterocycles. The van der Waals surface area contributed by atoms with Crippen molar-refractivity contribution in [3.8, 4) is 0 Å². The summed E-state index contributed by atoms with van der Waals surface area (Å²) in [5.41, 5.74) is 1.40. The van der Waals surface area contributed by atoms with Gasteiger partial charge in [-0.3, -0.25) is 4.79 Å². The molecule has 0 spiro atoms. The topological polar surface area (TPSA) is 32.3 Å². The highest BCUT2D eigenvalue weighted by Crippen LogP contribution is 2.47. The van der Waals surface area contributed by atoms with Gasteiger partial charge in [-0.15, -0.1) is 0 Å². The molecule has 4 heteroatoms. The summed E-state index contributed by atoms with van der Waals surface area (Å²) < 4.78 is 0. The Kier molecular flexibility index (Phi) is 4.10. The lowest BCUT2D eigenvalue weighted by Crippen LogP contribution is -2.39. The summed E-state index contributed by atoms with van der Waals surface area (Å²) in [5.74, 6) is 1.14. The second kappa shape index (κ2) is 6.10. The molecule has 124 valence electrons. The van der Waals surface area contributed by atoms with E-state index >= 15 is 0 Å². The van der Waals surface area contributed by atoms with E-state index in [1.54, 1.807) is 0 Å². The molecule has 1 atom stereocenters. The van der Waals surface area contributed by atoms with Crippen LogP contribution < -0.4 is 5.32 Å². The maximum absolute atomic E-state index is 12.3. The molecule has 1 aliphatic heterocycles. The molecule has 2 aliphatic carbocycles. The van der Waals surface area contributed by atoms with Crippen molar-refractivity contribution in [3.63, 3.8) is 0 Å². The second-order valence-corrected chi connectivity index (χ2v) is 7.98. The number of carbonyl (C=O) groups is 1. The van der Waals surface area contributed by atoms with Crippen molar-refractivity contribution in [1.82, 2.24) is 10.2 Å². The van der Waals surface area contributed by atoms with E-state index in [1.807, 2.05) is 12.1 Å². The molecule has 0 bridgehead atoms. The fourth-order valence-corrected chi connectivity index (χ4v) is 3.99. The van der Waals surface area contributed by atoms with E-state index in [0.29, 0.717) is 18.4 Å². The Morgan fingerprint density at radius 2 is 2.04 bits per heavy atom. The number of halogens is 1. The summed E-state index contributed by atoms with van der Waals surface area (Å²) in [4.78, 5) is 14.4. The number of amides is 1. The van der Waals surface area contributed by atoms with Crippen molar-refractivity contribution >= 4 is 17.5 Å². The second-order valence-electron chi connectivity index (χ2n) is 7.54. The molecule has 1 amide bonds. The monoisotopic (exact) mass is 332 g/mol. The Balaban J connectivity index is 1.40. The number of nitrogens with one attached hydrogen (secondary N) is 1. The van der Waals surface area contributed by atoms with E-state index in [4.69, 9.17) is 11.6 Å². The number of benzene rings is 1. The average Bonchev–Trinajstić information content (AvgIpc) is 3.43. The minimum absolute atomic E-state index is 0.101. The van der Waals surface area contributed by atoms with Crippen molar-refractivity contribution in [2.75, 3.05) is 13.1 Å². The predicted octanol–water partition coefficient (Wildman–Crippen LogP) is 3.71. The zero-order valence-electron chi connectivity index (χ0n) is 13.6. The molecule has 1 heterocycles. The van der Waals surface area contributed by atoms with E-state index in [-0.39, 0.29) is 5.54 Å². The van der Waals surface area contributed by atoms with Crippen LogP contribution in [0.1, 0.15) is 50.5 Å². The molecule has 1 N–H and O–H groups in total. The van der Waals surface area contributed by atoms with Gasteiger partial charge in [-0.05, 0) is 62.1 Å². The van der Waals surface area contributed by atoms with Gasteiger partial charge in [0.05, 0.1) is 0 Å². The Morgan fingerprint density at radius 3 is 2.74 bits per heavy atom. The molecule has 1 unspecified atom stereocenters. The summed E-state index contributed by atoms with van der Waals surface area (Å²) in [6.07, 6.45) is 7.68. The lowest BCUT2D eigenvalue weighted by molar-refractivity contribution is -0.130. The first-order valence-electron chi connectivity index (χ1n) is 8.96. The van der Waals surface area contributed by atoms with E-state index in [2.05, 4.69) is 22.3 Å². The number of hydrogen-bond acceptors (Lipinski definition) is 2. The standard InChI is InChI=1S/C19H25ClN2O/c20-16-3-1-2-15(12-16)19(9-10-19)21-17-6-7-18(23)22(11-8-17)13-14-4-5-14/h1-3,12,14,17,21H,4-11,13H2. The number of rotatable bonds is 5. The molecule has 0 radical (unpaired) electrons. The Bertz CT molecular complexity index is 595. The summed E-state index contributed by atoms with van der Waals surface area (Å²) in [7, 11) is 0. The molecule has 3 aliphatic rings. The van der Waals surface area contributed by atoms with Gasteiger partial charge in [0.1, 0.15) is 0 Å². The van der Waals surface area contributed by atoms with E-state index < -0.39 is 0 Å². The van der Waals surface area contributed by atoms with Crippen molar-refractivity contribution in [2.45, 2.75) is 56.5 Å². The van der Waals surface area contributed by atoms with E-state index in [1.165, 1.54) is 31.2 Å². The van der Waals surface area contributed by atoms with Crippen LogP contribution in [0, 0.1) is 5.92 Å². The van der Waals surface area contributed by atoms with Gasteiger partial charge in [0.2, 0.25) is 5.91 Å². The third-order valence-electron chi connectivity index (χ3n) is 5.59. The maximum Gasteiger partial charge on any atom is 0.222 e. The van der Waals surface area contributed by atoms with Gasteiger partial charge in [-0.2, -0.15) is 0 Å². The van der Waals surface area contributed by atoms with Crippen molar-refractivity contribution in [1.29, 1.82) is 0 Å². The third-order valence-corrected chi connectivity index (χ3v) is 5.83. The summed E-state index contributed by atoms with van der Waals surface area (Å²) in [6, 6.07) is 8.66. The molecular weight excluding hydrogens is 308 g/mol. The molecule has 2 saturated carbocycles. The zero-order chi connectivity index (χ0) is 15.9. The fourth-order valence-electron chi connectivity index (χ4n) is 3.80. The van der Waals surface area contributed by atoms with Crippen LogP contribution in [0.4, 0.5) is 0 Å². The number of hydrogen-bond donors (Lipinski definition) is 1.